The quantitative estimate of drug-likeness (QED) is 0.877. The number of amides is 1. The molecule has 1 aromatic rings. The van der Waals surface area contributed by atoms with Gasteiger partial charge in [-0.2, -0.15) is 24.9 Å². The maximum absolute atomic E-state index is 12.4. The summed E-state index contributed by atoms with van der Waals surface area (Å²) in [5.41, 5.74) is 5.75. The van der Waals surface area contributed by atoms with E-state index in [1.807, 2.05) is 20.1 Å². The van der Waals surface area contributed by atoms with Crippen molar-refractivity contribution in [3.8, 4) is 0 Å². The first-order valence-electron chi connectivity index (χ1n) is 6.32. The number of halogens is 3. The number of nitrogens with two attached hydrogens (primary N) is 1. The van der Waals surface area contributed by atoms with Crippen LogP contribution in [0.25, 0.3) is 0 Å². The summed E-state index contributed by atoms with van der Waals surface area (Å²) in [6.45, 7) is 3.87. The van der Waals surface area contributed by atoms with Gasteiger partial charge in [-0.25, -0.2) is 0 Å². The van der Waals surface area contributed by atoms with E-state index >= 15 is 0 Å². The largest absolute Gasteiger partial charge is 0.416 e. The number of hydrogen-bond acceptors (Lipinski definition) is 3. The number of benzene rings is 1. The molecule has 1 rings (SSSR count). The molecule has 0 aliphatic carbocycles. The predicted octanol–water partition coefficient (Wildman–Crippen LogP) is 2.79. The fourth-order valence-electron chi connectivity index (χ4n) is 1.55. The van der Waals surface area contributed by atoms with E-state index in [1.165, 1.54) is 23.9 Å². The fraction of sp³-hybridized carbons (Fsp3) is 0.500. The van der Waals surface area contributed by atoms with Gasteiger partial charge in [0, 0.05) is 11.3 Å². The number of carbonyl (C=O) groups excluding carboxylic acids is 1. The van der Waals surface area contributed by atoms with Gasteiger partial charge in [-0.15, -0.1) is 0 Å². The zero-order chi connectivity index (χ0) is 16.3. The summed E-state index contributed by atoms with van der Waals surface area (Å²) in [4.78, 5) is 11.9. The second-order valence-corrected chi connectivity index (χ2v) is 6.66. The van der Waals surface area contributed by atoms with Gasteiger partial charge >= 0.3 is 6.18 Å². The molecule has 3 N–H and O–H groups in total. The number of hydrogen-bond donors (Lipinski definition) is 2. The molecule has 0 saturated heterocycles. The minimum Gasteiger partial charge on any atom is -0.351 e. The highest BCUT2D eigenvalue weighted by atomic mass is 32.2. The second-order valence-electron chi connectivity index (χ2n) is 5.20. The van der Waals surface area contributed by atoms with E-state index < -0.39 is 22.5 Å². The minimum atomic E-state index is -4.35. The van der Waals surface area contributed by atoms with Crippen LogP contribution in [-0.4, -0.2) is 23.0 Å². The second kappa shape index (κ2) is 6.70. The third-order valence-electron chi connectivity index (χ3n) is 3.31. The van der Waals surface area contributed by atoms with Crippen LogP contribution in [0.1, 0.15) is 25.0 Å². The highest BCUT2D eigenvalue weighted by molar-refractivity contribution is 8.00. The van der Waals surface area contributed by atoms with E-state index in [0.29, 0.717) is 5.56 Å². The van der Waals surface area contributed by atoms with Crippen LogP contribution in [0.4, 0.5) is 13.2 Å². The average Bonchev–Trinajstić information content (AvgIpc) is 2.43. The van der Waals surface area contributed by atoms with Crippen LogP contribution in [0, 0.1) is 0 Å². The van der Waals surface area contributed by atoms with Gasteiger partial charge < -0.3 is 11.1 Å². The van der Waals surface area contributed by atoms with Crippen molar-refractivity contribution < 1.29 is 18.0 Å². The van der Waals surface area contributed by atoms with Gasteiger partial charge in [0.25, 0.3) is 0 Å². The molecule has 1 atom stereocenters. The number of carbonyl (C=O) groups is 1. The SMILES string of the molecule is CSC(C)(C)[C@H](N)C(=O)NCc1ccc(C(F)(F)F)cc1. The summed E-state index contributed by atoms with van der Waals surface area (Å²) in [7, 11) is 0. The van der Waals surface area contributed by atoms with E-state index in [4.69, 9.17) is 5.73 Å². The molecular formula is C14H19F3N2OS. The summed E-state index contributed by atoms with van der Waals surface area (Å²) in [6, 6.07) is 3.98. The van der Waals surface area contributed by atoms with Crippen LogP contribution in [0.15, 0.2) is 24.3 Å². The first-order valence-corrected chi connectivity index (χ1v) is 7.55. The highest BCUT2D eigenvalue weighted by Gasteiger charge is 2.31. The number of rotatable bonds is 5. The lowest BCUT2D eigenvalue weighted by atomic mass is 10.0. The summed E-state index contributed by atoms with van der Waals surface area (Å²) in [5, 5.41) is 2.64. The molecular weight excluding hydrogens is 301 g/mol. The van der Waals surface area contributed by atoms with Crippen LogP contribution in [0.5, 0.6) is 0 Å². The van der Waals surface area contributed by atoms with E-state index in [0.717, 1.165) is 12.1 Å². The molecule has 1 aromatic carbocycles. The third kappa shape index (κ3) is 4.93. The predicted molar refractivity (Wildman–Crippen MR) is 78.9 cm³/mol. The first-order chi connectivity index (χ1) is 9.58. The van der Waals surface area contributed by atoms with Crippen molar-refractivity contribution in [2.75, 3.05) is 6.26 Å². The van der Waals surface area contributed by atoms with Crippen molar-refractivity contribution >= 4 is 17.7 Å². The fourth-order valence-corrected chi connectivity index (χ4v) is 1.91. The Morgan fingerprint density at radius 3 is 2.24 bits per heavy atom. The van der Waals surface area contributed by atoms with Gasteiger partial charge in [-0.1, -0.05) is 12.1 Å². The molecule has 3 nitrogen and oxygen atoms in total. The molecule has 0 radical (unpaired) electrons. The molecule has 0 unspecified atom stereocenters. The smallest absolute Gasteiger partial charge is 0.351 e. The average molecular weight is 320 g/mol. The van der Waals surface area contributed by atoms with Crippen LogP contribution in [0.3, 0.4) is 0 Å². The van der Waals surface area contributed by atoms with Gasteiger partial charge in [0.15, 0.2) is 0 Å². The molecule has 0 spiro atoms. The molecule has 0 aliphatic heterocycles. The Morgan fingerprint density at radius 1 is 1.29 bits per heavy atom. The number of alkyl halides is 3. The molecule has 0 heterocycles. The van der Waals surface area contributed by atoms with Crippen molar-refractivity contribution in [1.29, 1.82) is 0 Å². The van der Waals surface area contributed by atoms with Crippen molar-refractivity contribution in [1.82, 2.24) is 5.32 Å². The molecule has 118 valence electrons. The van der Waals surface area contributed by atoms with Gasteiger partial charge in [-0.3, -0.25) is 4.79 Å². The molecule has 0 bridgehead atoms. The van der Waals surface area contributed by atoms with Crippen LogP contribution < -0.4 is 11.1 Å². The summed E-state index contributed by atoms with van der Waals surface area (Å²) < 4.78 is 36.9. The van der Waals surface area contributed by atoms with Crippen LogP contribution in [0.2, 0.25) is 0 Å². The molecule has 21 heavy (non-hydrogen) atoms. The third-order valence-corrected chi connectivity index (χ3v) is 4.61. The normalized spacial score (nSPS) is 13.9. The lowest BCUT2D eigenvalue weighted by Gasteiger charge is -2.28. The Hall–Kier alpha value is -1.21. The summed E-state index contributed by atoms with van der Waals surface area (Å²) >= 11 is 1.48. The number of nitrogens with one attached hydrogen (secondary N) is 1. The summed E-state index contributed by atoms with van der Waals surface area (Å²) in [6.07, 6.45) is -2.49. The highest BCUT2D eigenvalue weighted by Crippen LogP contribution is 2.29. The maximum Gasteiger partial charge on any atom is 0.416 e. The van der Waals surface area contributed by atoms with E-state index in [9.17, 15) is 18.0 Å². The van der Waals surface area contributed by atoms with Crippen LogP contribution >= 0.6 is 11.8 Å². The van der Waals surface area contributed by atoms with Crippen molar-refractivity contribution in [3.63, 3.8) is 0 Å². The van der Waals surface area contributed by atoms with Gasteiger partial charge in [-0.05, 0) is 37.8 Å². The van der Waals surface area contributed by atoms with Gasteiger partial charge in [0.1, 0.15) is 0 Å². The lowest BCUT2D eigenvalue weighted by Crippen LogP contribution is -2.51. The molecule has 0 aromatic heterocycles. The molecule has 0 aliphatic rings. The minimum absolute atomic E-state index is 0.148. The zero-order valence-electron chi connectivity index (χ0n) is 12.1. The van der Waals surface area contributed by atoms with E-state index in [1.54, 1.807) is 0 Å². The van der Waals surface area contributed by atoms with Crippen molar-refractivity contribution in [2.24, 2.45) is 5.73 Å². The zero-order valence-corrected chi connectivity index (χ0v) is 12.9. The Labute approximate surface area is 126 Å². The Balaban J connectivity index is 2.62. The topological polar surface area (TPSA) is 55.1 Å². The molecule has 0 fully saturated rings. The molecule has 1 amide bonds. The lowest BCUT2D eigenvalue weighted by molar-refractivity contribution is -0.137. The van der Waals surface area contributed by atoms with E-state index in [-0.39, 0.29) is 12.5 Å². The monoisotopic (exact) mass is 320 g/mol. The standard InChI is InChI=1S/C14H19F3N2OS/c1-13(2,21-3)11(18)12(20)19-8-9-4-6-10(7-5-9)14(15,16)17/h4-7,11H,8,18H2,1-3H3,(H,19,20)/t11-/m1/s1. The Bertz CT molecular complexity index is 486. The molecule has 0 saturated carbocycles. The van der Waals surface area contributed by atoms with Crippen LogP contribution in [-0.2, 0) is 17.5 Å². The summed E-state index contributed by atoms with van der Waals surface area (Å²) in [5.74, 6) is -0.325. The molecule has 7 heteroatoms. The van der Waals surface area contributed by atoms with Crippen molar-refractivity contribution in [2.45, 2.75) is 37.4 Å². The number of thioether (sulfide) groups is 1. The van der Waals surface area contributed by atoms with Gasteiger partial charge in [0.05, 0.1) is 11.6 Å². The first kappa shape index (κ1) is 17.8. The van der Waals surface area contributed by atoms with Crippen molar-refractivity contribution in [3.05, 3.63) is 35.4 Å². The van der Waals surface area contributed by atoms with Gasteiger partial charge in [0.2, 0.25) is 5.91 Å². The van der Waals surface area contributed by atoms with E-state index in [2.05, 4.69) is 5.32 Å². The Morgan fingerprint density at radius 2 is 1.81 bits per heavy atom. The Kier molecular flexibility index (Phi) is 5.69. The maximum atomic E-state index is 12.4.